The molecule has 0 N–H and O–H groups in total. The first-order valence-corrected chi connectivity index (χ1v) is 24.6. The molecule has 3 heterocycles. The summed E-state index contributed by atoms with van der Waals surface area (Å²) in [5.41, 5.74) is 14.6. The SMILES string of the molecule is COC(=O)c1cc(C2CC2)ccc1Cc1ccc2c(ccn2Cc2ccc(I)cc2)c1.COC(=O)c1cc(C2CC2)ccc1Cc1ccc2c(ccn2Cc2ccc(N3CCOCC3)cc2)c1. The second kappa shape index (κ2) is 20.0. The number of anilines is 1. The summed E-state index contributed by atoms with van der Waals surface area (Å²) in [4.78, 5) is 27.3. The smallest absolute Gasteiger partial charge is 0.338 e. The average molecular weight is 1000 g/mol. The monoisotopic (exact) mass is 1000 g/mol. The number of hydrogen-bond donors (Lipinski definition) is 0. The van der Waals surface area contributed by atoms with Gasteiger partial charge in [0.2, 0.25) is 0 Å². The van der Waals surface area contributed by atoms with Crippen molar-refractivity contribution in [2.24, 2.45) is 0 Å². The predicted octanol–water partition coefficient (Wildman–Crippen LogP) is 12.3. The zero-order chi connectivity index (χ0) is 45.9. The molecule has 9 heteroatoms. The van der Waals surface area contributed by atoms with Crippen molar-refractivity contribution in [2.75, 3.05) is 45.4 Å². The second-order valence-electron chi connectivity index (χ2n) is 18.3. The lowest BCUT2D eigenvalue weighted by Gasteiger charge is -2.28. The Bertz CT molecular complexity index is 3050. The van der Waals surface area contributed by atoms with Gasteiger partial charge in [0.1, 0.15) is 0 Å². The minimum Gasteiger partial charge on any atom is -0.465 e. The number of halogens is 1. The summed E-state index contributed by atoms with van der Waals surface area (Å²) >= 11 is 2.33. The quantitative estimate of drug-likeness (QED) is 0.0846. The number of nitrogens with zero attached hydrogens (tertiary/aromatic N) is 3. The summed E-state index contributed by atoms with van der Waals surface area (Å²) in [6.07, 6.45) is 10.6. The number of ether oxygens (including phenoxy) is 3. The summed E-state index contributed by atoms with van der Waals surface area (Å²) in [6, 6.07) is 47.7. The van der Waals surface area contributed by atoms with Crippen LogP contribution in [0, 0.1) is 3.57 Å². The van der Waals surface area contributed by atoms with Crippen LogP contribution in [0.3, 0.4) is 0 Å². The van der Waals surface area contributed by atoms with Gasteiger partial charge in [-0.1, -0.05) is 60.7 Å². The molecule has 6 aromatic carbocycles. The molecule has 0 spiro atoms. The molecular formula is C58H56IN3O5. The number of morpholine rings is 1. The van der Waals surface area contributed by atoms with Crippen molar-refractivity contribution in [3.05, 3.63) is 205 Å². The first-order chi connectivity index (χ1) is 32.8. The number of benzene rings is 6. The van der Waals surface area contributed by atoms with Gasteiger partial charge >= 0.3 is 11.9 Å². The van der Waals surface area contributed by atoms with Gasteiger partial charge < -0.3 is 28.2 Å². The third kappa shape index (κ3) is 10.5. The molecule has 8 nitrogen and oxygen atoms in total. The Morgan fingerprint density at radius 2 is 1.00 bits per heavy atom. The van der Waals surface area contributed by atoms with Gasteiger partial charge in [0.25, 0.3) is 0 Å². The van der Waals surface area contributed by atoms with Gasteiger partial charge in [-0.3, -0.25) is 0 Å². The van der Waals surface area contributed by atoms with E-state index in [9.17, 15) is 9.59 Å². The van der Waals surface area contributed by atoms with Crippen LogP contribution in [0.15, 0.2) is 146 Å². The molecule has 3 aliphatic rings. The first-order valence-electron chi connectivity index (χ1n) is 23.5. The summed E-state index contributed by atoms with van der Waals surface area (Å²) in [6.45, 7) is 5.20. The number of carbonyl (C=O) groups excluding carboxylic acids is 2. The van der Waals surface area contributed by atoms with Gasteiger partial charge in [0.15, 0.2) is 0 Å². The van der Waals surface area contributed by atoms with E-state index < -0.39 is 0 Å². The van der Waals surface area contributed by atoms with Crippen LogP contribution in [-0.2, 0) is 40.1 Å². The Morgan fingerprint density at radius 3 is 1.45 bits per heavy atom. The number of carbonyl (C=O) groups is 2. The van der Waals surface area contributed by atoms with E-state index in [1.807, 2.05) is 12.1 Å². The van der Waals surface area contributed by atoms with Gasteiger partial charge in [-0.2, -0.15) is 0 Å². The number of esters is 2. The van der Waals surface area contributed by atoms with Gasteiger partial charge in [-0.15, -0.1) is 0 Å². The second-order valence-corrected chi connectivity index (χ2v) is 19.5. The van der Waals surface area contributed by atoms with Gasteiger partial charge in [0.05, 0.1) is 38.6 Å². The standard InChI is InChI=1S/C31H32N2O3.C27H24INO2/c1-35-31(34)29-20-25(24-5-6-24)7-8-26(29)18-23-4-11-30-27(19-23)12-13-33(30)21-22-2-9-28(10-3-22)32-14-16-36-17-15-32;1-31-27(30)25-16-21(20-5-6-20)7-8-22(25)14-19-4-11-26-23(15-19)12-13-29(26)17-18-2-9-24(28)10-3-18/h2-4,7-13,19-20,24H,5-6,14-18,21H2,1H3;2-4,7-13,15-16,20H,5-6,14,17H2,1H3. The minimum atomic E-state index is -0.251. The Hall–Kier alpha value is -6.17. The molecule has 0 unspecified atom stereocenters. The molecule has 2 aliphatic carbocycles. The molecule has 2 saturated carbocycles. The molecule has 0 radical (unpaired) electrons. The Labute approximate surface area is 406 Å². The fraction of sp³-hybridized carbons (Fsp3) is 0.276. The van der Waals surface area contributed by atoms with Crippen LogP contribution in [0.2, 0.25) is 0 Å². The van der Waals surface area contributed by atoms with Crippen LogP contribution < -0.4 is 4.90 Å². The maximum atomic E-state index is 12.5. The molecule has 11 rings (SSSR count). The largest absolute Gasteiger partial charge is 0.465 e. The highest BCUT2D eigenvalue weighted by molar-refractivity contribution is 14.1. The van der Waals surface area contributed by atoms with Crippen molar-refractivity contribution < 1.29 is 23.8 Å². The molecule has 340 valence electrons. The average Bonchev–Trinajstić information content (AvgIpc) is 4.32. The number of fused-ring (bicyclic) bond motifs is 2. The van der Waals surface area contributed by atoms with Crippen molar-refractivity contribution >= 4 is 62.0 Å². The maximum absolute atomic E-state index is 12.5. The van der Waals surface area contributed by atoms with E-state index in [4.69, 9.17) is 14.2 Å². The van der Waals surface area contributed by atoms with Gasteiger partial charge in [-0.25, -0.2) is 9.59 Å². The van der Waals surface area contributed by atoms with Crippen molar-refractivity contribution in [3.63, 3.8) is 0 Å². The molecule has 2 aromatic heterocycles. The fourth-order valence-corrected chi connectivity index (χ4v) is 9.85. The predicted molar refractivity (Wildman–Crippen MR) is 276 cm³/mol. The summed E-state index contributed by atoms with van der Waals surface area (Å²) in [7, 11) is 2.92. The number of hydrogen-bond acceptors (Lipinski definition) is 6. The third-order valence-electron chi connectivity index (χ3n) is 13.6. The molecule has 1 aliphatic heterocycles. The summed E-state index contributed by atoms with van der Waals surface area (Å²) < 4.78 is 21.5. The molecule has 67 heavy (non-hydrogen) atoms. The van der Waals surface area contributed by atoms with Crippen LogP contribution in [0.25, 0.3) is 21.8 Å². The highest BCUT2D eigenvalue weighted by Crippen LogP contribution is 2.42. The zero-order valence-electron chi connectivity index (χ0n) is 38.3. The third-order valence-corrected chi connectivity index (χ3v) is 14.3. The maximum Gasteiger partial charge on any atom is 0.338 e. The minimum absolute atomic E-state index is 0.248. The number of aromatic nitrogens is 2. The van der Waals surface area contributed by atoms with Gasteiger partial charge in [0, 0.05) is 58.9 Å². The van der Waals surface area contributed by atoms with E-state index in [0.717, 1.165) is 50.5 Å². The van der Waals surface area contributed by atoms with Crippen LogP contribution in [0.1, 0.15) is 103 Å². The number of rotatable bonds is 13. The Morgan fingerprint density at radius 1 is 0.552 bits per heavy atom. The van der Waals surface area contributed by atoms with E-state index in [1.54, 1.807) is 0 Å². The molecule has 0 amide bonds. The van der Waals surface area contributed by atoms with Crippen molar-refractivity contribution in [1.82, 2.24) is 9.13 Å². The number of methoxy groups -OCH3 is 2. The molecule has 0 atom stereocenters. The van der Waals surface area contributed by atoms with Crippen LogP contribution in [0.5, 0.6) is 0 Å². The zero-order valence-corrected chi connectivity index (χ0v) is 40.4. The van der Waals surface area contributed by atoms with Gasteiger partial charge in [-0.05, 0) is 201 Å². The first kappa shape index (κ1) is 44.7. The molecule has 1 saturated heterocycles. The van der Waals surface area contributed by atoms with Crippen molar-refractivity contribution in [1.29, 1.82) is 0 Å². The highest BCUT2D eigenvalue weighted by atomic mass is 127. The molecule has 3 fully saturated rings. The van der Waals surface area contributed by atoms with E-state index >= 15 is 0 Å². The topological polar surface area (TPSA) is 74.9 Å². The van der Waals surface area contributed by atoms with Crippen LogP contribution in [-0.4, -0.2) is 61.6 Å². The van der Waals surface area contributed by atoms with Crippen LogP contribution >= 0.6 is 22.6 Å². The van der Waals surface area contributed by atoms with Crippen molar-refractivity contribution in [3.8, 4) is 0 Å². The van der Waals surface area contributed by atoms with E-state index in [-0.39, 0.29) is 11.9 Å². The lowest BCUT2D eigenvalue weighted by atomic mass is 9.96. The normalized spacial score (nSPS) is 14.8. The van der Waals surface area contributed by atoms with Crippen LogP contribution in [0.4, 0.5) is 5.69 Å². The fourth-order valence-electron chi connectivity index (χ4n) is 9.49. The van der Waals surface area contributed by atoms with E-state index in [0.29, 0.717) is 35.8 Å². The summed E-state index contributed by atoms with van der Waals surface area (Å²) in [5.74, 6) is 0.720. The van der Waals surface area contributed by atoms with Crippen molar-refractivity contribution in [2.45, 2.75) is 63.5 Å². The summed E-state index contributed by atoms with van der Waals surface area (Å²) in [5, 5.41) is 2.43. The Balaban J connectivity index is 0.000000159. The molecule has 0 bridgehead atoms. The Kier molecular flexibility index (Phi) is 13.3. The highest BCUT2D eigenvalue weighted by Gasteiger charge is 2.27. The lowest BCUT2D eigenvalue weighted by Crippen LogP contribution is -2.36. The lowest BCUT2D eigenvalue weighted by molar-refractivity contribution is 0.0590. The van der Waals surface area contributed by atoms with E-state index in [2.05, 4.69) is 170 Å². The molecule has 8 aromatic rings. The molecular weight excluding hydrogens is 946 g/mol. The van der Waals surface area contributed by atoms with E-state index in [1.165, 1.54) is 104 Å².